The van der Waals surface area contributed by atoms with Gasteiger partial charge < -0.3 is 21.1 Å². The summed E-state index contributed by atoms with van der Waals surface area (Å²) in [6.07, 6.45) is 0. The molecular weight excluding hydrogens is 332 g/mol. The number of benzene rings is 1. The number of carboxylic acid groups (broad SMARTS) is 1. The van der Waals surface area contributed by atoms with Crippen molar-refractivity contribution in [1.29, 1.82) is 0 Å². The molecule has 0 bridgehead atoms. The van der Waals surface area contributed by atoms with Gasteiger partial charge in [-0.2, -0.15) is 0 Å². The highest BCUT2D eigenvalue weighted by atomic mass is 16.4. The Labute approximate surface area is 142 Å². The molecule has 2 rings (SSSR count). The molecule has 10 nitrogen and oxygen atoms in total. The second kappa shape index (κ2) is 7.90. The van der Waals surface area contributed by atoms with E-state index in [1.54, 1.807) is 30.3 Å². The third-order valence-corrected chi connectivity index (χ3v) is 3.38. The first-order chi connectivity index (χ1) is 11.9. The van der Waals surface area contributed by atoms with E-state index in [-0.39, 0.29) is 13.1 Å². The lowest BCUT2D eigenvalue weighted by Crippen LogP contribution is -2.58. The maximum absolute atomic E-state index is 12.3. The van der Waals surface area contributed by atoms with Gasteiger partial charge in [0, 0.05) is 13.1 Å². The number of rotatable bonds is 5. The molecule has 132 valence electrons. The summed E-state index contributed by atoms with van der Waals surface area (Å²) in [5, 5.41) is 15.5. The van der Waals surface area contributed by atoms with Crippen molar-refractivity contribution < 1.29 is 29.1 Å². The largest absolute Gasteiger partial charge is 0.480 e. The number of amides is 5. The molecule has 0 aliphatic carbocycles. The SMILES string of the molecule is O=C(O)CNC(=O)[C@H](NC(=O)N1CCNC(=O)C1=O)c1ccccc1. The van der Waals surface area contributed by atoms with Gasteiger partial charge >= 0.3 is 23.8 Å². The van der Waals surface area contributed by atoms with Gasteiger partial charge in [-0.3, -0.25) is 24.1 Å². The number of carbonyl (C=O) groups excluding carboxylic acids is 4. The summed E-state index contributed by atoms with van der Waals surface area (Å²) >= 11 is 0. The molecule has 0 radical (unpaired) electrons. The summed E-state index contributed by atoms with van der Waals surface area (Å²) in [6, 6.07) is 5.98. The Bertz CT molecular complexity index is 705. The molecule has 0 unspecified atom stereocenters. The van der Waals surface area contributed by atoms with Gasteiger partial charge in [-0.1, -0.05) is 30.3 Å². The van der Waals surface area contributed by atoms with Crippen LogP contribution in [0.5, 0.6) is 0 Å². The zero-order valence-electron chi connectivity index (χ0n) is 13.0. The third kappa shape index (κ3) is 4.53. The molecule has 0 spiro atoms. The molecule has 4 N–H and O–H groups in total. The van der Waals surface area contributed by atoms with Gasteiger partial charge in [0.15, 0.2) is 0 Å². The predicted octanol–water partition coefficient (Wildman–Crippen LogP) is -1.40. The maximum Gasteiger partial charge on any atom is 0.325 e. The van der Waals surface area contributed by atoms with Crippen LogP contribution in [0.1, 0.15) is 11.6 Å². The number of carbonyl (C=O) groups is 5. The molecule has 1 aliphatic heterocycles. The van der Waals surface area contributed by atoms with Crippen molar-refractivity contribution in [2.75, 3.05) is 19.6 Å². The van der Waals surface area contributed by atoms with E-state index < -0.39 is 42.3 Å². The molecule has 5 amide bonds. The highest BCUT2D eigenvalue weighted by Gasteiger charge is 2.33. The topological polar surface area (TPSA) is 145 Å². The summed E-state index contributed by atoms with van der Waals surface area (Å²) in [7, 11) is 0. The van der Waals surface area contributed by atoms with Gasteiger partial charge in [-0.15, -0.1) is 0 Å². The monoisotopic (exact) mass is 348 g/mol. The number of nitrogens with zero attached hydrogens (tertiary/aromatic N) is 1. The first kappa shape index (κ1) is 17.9. The number of hydrogen-bond acceptors (Lipinski definition) is 5. The smallest absolute Gasteiger partial charge is 0.325 e. The van der Waals surface area contributed by atoms with Gasteiger partial charge in [0.2, 0.25) is 5.91 Å². The molecule has 1 heterocycles. The first-order valence-electron chi connectivity index (χ1n) is 7.35. The minimum atomic E-state index is -1.24. The Morgan fingerprint density at radius 3 is 2.52 bits per heavy atom. The second-order valence-corrected chi connectivity index (χ2v) is 5.12. The quantitative estimate of drug-likeness (QED) is 0.481. The van der Waals surface area contributed by atoms with E-state index in [1.807, 2.05) is 0 Å². The fraction of sp³-hybridized carbons (Fsp3) is 0.267. The Morgan fingerprint density at radius 2 is 1.88 bits per heavy atom. The van der Waals surface area contributed by atoms with Crippen molar-refractivity contribution in [3.63, 3.8) is 0 Å². The number of hydrogen-bond donors (Lipinski definition) is 4. The molecular formula is C15H16N4O6. The predicted molar refractivity (Wildman–Crippen MR) is 83.1 cm³/mol. The van der Waals surface area contributed by atoms with Crippen LogP contribution in [0.15, 0.2) is 30.3 Å². The second-order valence-electron chi connectivity index (χ2n) is 5.12. The van der Waals surface area contributed by atoms with E-state index in [0.29, 0.717) is 10.5 Å². The van der Waals surface area contributed by atoms with Crippen molar-refractivity contribution in [3.05, 3.63) is 35.9 Å². The van der Waals surface area contributed by atoms with Crippen LogP contribution in [0.2, 0.25) is 0 Å². The normalized spacial score (nSPS) is 15.1. The van der Waals surface area contributed by atoms with Crippen LogP contribution in [0.4, 0.5) is 4.79 Å². The Hall–Kier alpha value is -3.43. The Kier molecular flexibility index (Phi) is 5.66. The van der Waals surface area contributed by atoms with E-state index in [2.05, 4.69) is 16.0 Å². The van der Waals surface area contributed by atoms with E-state index in [0.717, 1.165) is 0 Å². The van der Waals surface area contributed by atoms with Crippen LogP contribution in [-0.4, -0.2) is 59.4 Å². The molecule has 25 heavy (non-hydrogen) atoms. The minimum Gasteiger partial charge on any atom is -0.480 e. The van der Waals surface area contributed by atoms with Crippen LogP contribution in [-0.2, 0) is 19.2 Å². The summed E-state index contributed by atoms with van der Waals surface area (Å²) < 4.78 is 0. The fourth-order valence-corrected chi connectivity index (χ4v) is 2.19. The average molecular weight is 348 g/mol. The van der Waals surface area contributed by atoms with Crippen LogP contribution in [0.25, 0.3) is 0 Å². The van der Waals surface area contributed by atoms with Gasteiger partial charge in [0.25, 0.3) is 0 Å². The molecule has 0 saturated carbocycles. The van der Waals surface area contributed by atoms with Crippen molar-refractivity contribution in [2.45, 2.75) is 6.04 Å². The maximum atomic E-state index is 12.3. The molecule has 1 aromatic carbocycles. The molecule has 0 aromatic heterocycles. The van der Waals surface area contributed by atoms with E-state index in [1.165, 1.54) is 0 Å². The number of urea groups is 1. The molecule has 1 aliphatic rings. The van der Waals surface area contributed by atoms with Gasteiger partial charge in [0.1, 0.15) is 12.6 Å². The lowest BCUT2D eigenvalue weighted by atomic mass is 10.1. The van der Waals surface area contributed by atoms with Crippen molar-refractivity contribution in [1.82, 2.24) is 20.9 Å². The molecule has 1 aromatic rings. The summed E-state index contributed by atoms with van der Waals surface area (Å²) in [5.41, 5.74) is 0.396. The molecule has 1 atom stereocenters. The van der Waals surface area contributed by atoms with E-state index in [9.17, 15) is 24.0 Å². The highest BCUT2D eigenvalue weighted by Crippen LogP contribution is 2.13. The third-order valence-electron chi connectivity index (χ3n) is 3.38. The lowest BCUT2D eigenvalue weighted by Gasteiger charge is -2.27. The summed E-state index contributed by atoms with van der Waals surface area (Å²) in [4.78, 5) is 58.9. The lowest BCUT2D eigenvalue weighted by molar-refractivity contribution is -0.146. The minimum absolute atomic E-state index is 0.0331. The van der Waals surface area contributed by atoms with Crippen LogP contribution in [0, 0.1) is 0 Å². The molecule has 1 fully saturated rings. The molecule has 10 heteroatoms. The highest BCUT2D eigenvalue weighted by molar-refractivity contribution is 6.38. The number of carboxylic acids is 1. The van der Waals surface area contributed by atoms with Gasteiger partial charge in [-0.05, 0) is 5.56 Å². The zero-order chi connectivity index (χ0) is 18.4. The average Bonchev–Trinajstić information content (AvgIpc) is 2.60. The summed E-state index contributed by atoms with van der Waals surface area (Å²) in [6.45, 7) is -0.545. The Balaban J connectivity index is 2.16. The fourth-order valence-electron chi connectivity index (χ4n) is 2.19. The Morgan fingerprint density at radius 1 is 1.20 bits per heavy atom. The summed E-state index contributed by atoms with van der Waals surface area (Å²) in [5.74, 6) is -3.93. The van der Waals surface area contributed by atoms with Crippen molar-refractivity contribution in [2.24, 2.45) is 0 Å². The van der Waals surface area contributed by atoms with Crippen molar-refractivity contribution >= 4 is 29.7 Å². The number of piperazine rings is 1. The number of imide groups is 1. The number of aliphatic carboxylic acids is 1. The van der Waals surface area contributed by atoms with Crippen molar-refractivity contribution in [3.8, 4) is 0 Å². The van der Waals surface area contributed by atoms with Crippen LogP contribution < -0.4 is 16.0 Å². The van der Waals surface area contributed by atoms with Crippen LogP contribution in [0.3, 0.4) is 0 Å². The van der Waals surface area contributed by atoms with Gasteiger partial charge in [-0.25, -0.2) is 4.79 Å². The molecule has 1 saturated heterocycles. The van der Waals surface area contributed by atoms with E-state index in [4.69, 9.17) is 5.11 Å². The first-order valence-corrected chi connectivity index (χ1v) is 7.35. The zero-order valence-corrected chi connectivity index (χ0v) is 13.0. The van der Waals surface area contributed by atoms with E-state index >= 15 is 0 Å². The number of nitrogens with one attached hydrogen (secondary N) is 3. The standard InChI is InChI=1S/C15H16N4O6/c20-10(21)8-17-12(22)11(9-4-2-1-3-5-9)18-15(25)19-7-6-16-13(23)14(19)24/h1-5,11H,6-8H2,(H,16,23)(H,17,22)(H,18,25)(H,20,21)/t11-/m1/s1. The van der Waals surface area contributed by atoms with Gasteiger partial charge in [0.05, 0.1) is 0 Å². The van der Waals surface area contributed by atoms with Crippen LogP contribution >= 0.6 is 0 Å².